The van der Waals surface area contributed by atoms with Crippen molar-refractivity contribution in [3.05, 3.63) is 0 Å². The summed E-state index contributed by atoms with van der Waals surface area (Å²) in [7, 11) is 0. The van der Waals surface area contributed by atoms with Crippen molar-refractivity contribution < 1.29 is 4.79 Å². The monoisotopic (exact) mass is 240 g/mol. The van der Waals surface area contributed by atoms with E-state index in [0.717, 1.165) is 38.6 Å². The zero-order valence-corrected chi connectivity index (χ0v) is 11.8. The molecule has 1 heterocycles. The highest BCUT2D eigenvalue weighted by molar-refractivity contribution is 5.83. The third kappa shape index (κ3) is 3.98. The minimum Gasteiger partial charge on any atom is -0.338 e. The highest BCUT2D eigenvalue weighted by atomic mass is 16.2. The molecule has 0 aromatic heterocycles. The molecule has 1 N–H and O–H groups in total. The molecule has 2 unspecified atom stereocenters. The maximum Gasteiger partial charge on any atom is 0.239 e. The van der Waals surface area contributed by atoms with Crippen LogP contribution in [0.3, 0.4) is 0 Å². The molecule has 3 nitrogen and oxygen atoms in total. The van der Waals surface area contributed by atoms with Crippen LogP contribution in [0, 0.1) is 0 Å². The van der Waals surface area contributed by atoms with E-state index >= 15 is 0 Å². The Balaban J connectivity index is 2.63. The third-order valence-corrected chi connectivity index (χ3v) is 3.54. The molecule has 0 aromatic carbocycles. The summed E-state index contributed by atoms with van der Waals surface area (Å²) in [6, 6.07) is 0.883. The fraction of sp³-hybridized carbons (Fsp3) is 0.929. The average Bonchev–Trinajstić information content (AvgIpc) is 2.29. The maximum atomic E-state index is 12.4. The number of rotatable bonds is 6. The van der Waals surface area contributed by atoms with Crippen LogP contribution in [0.4, 0.5) is 0 Å². The van der Waals surface area contributed by atoms with Gasteiger partial charge in [-0.25, -0.2) is 0 Å². The fourth-order valence-corrected chi connectivity index (χ4v) is 2.73. The lowest BCUT2D eigenvalue weighted by molar-refractivity contribution is -0.139. The number of carbonyl (C=O) groups is 1. The summed E-state index contributed by atoms with van der Waals surface area (Å²) in [5, 5.41) is 3.39. The third-order valence-electron chi connectivity index (χ3n) is 3.54. The van der Waals surface area contributed by atoms with Gasteiger partial charge in [-0.15, -0.1) is 0 Å². The number of amides is 1. The smallest absolute Gasteiger partial charge is 0.239 e. The minimum atomic E-state index is 0.0506. The summed E-state index contributed by atoms with van der Waals surface area (Å²) in [6.45, 7) is 9.55. The Bertz CT molecular complexity index is 240. The van der Waals surface area contributed by atoms with Crippen molar-refractivity contribution in [2.45, 2.75) is 77.9 Å². The molecule has 1 fully saturated rings. The summed E-state index contributed by atoms with van der Waals surface area (Å²) in [5.41, 5.74) is 0. The summed E-state index contributed by atoms with van der Waals surface area (Å²) < 4.78 is 0. The first-order chi connectivity index (χ1) is 8.10. The Morgan fingerprint density at radius 2 is 2.12 bits per heavy atom. The van der Waals surface area contributed by atoms with E-state index in [2.05, 4.69) is 37.9 Å². The van der Waals surface area contributed by atoms with E-state index in [4.69, 9.17) is 0 Å². The Hall–Kier alpha value is -0.570. The van der Waals surface area contributed by atoms with Crippen LogP contribution in [-0.2, 0) is 4.79 Å². The Morgan fingerprint density at radius 3 is 2.65 bits per heavy atom. The van der Waals surface area contributed by atoms with Gasteiger partial charge in [0.1, 0.15) is 0 Å². The number of hydrogen-bond donors (Lipinski definition) is 1. The van der Waals surface area contributed by atoms with E-state index in [1.807, 2.05) is 0 Å². The molecular weight excluding hydrogens is 212 g/mol. The molecule has 0 aliphatic carbocycles. The van der Waals surface area contributed by atoms with Crippen LogP contribution in [0.2, 0.25) is 0 Å². The lowest BCUT2D eigenvalue weighted by atomic mass is 9.99. The topological polar surface area (TPSA) is 32.3 Å². The molecule has 3 heteroatoms. The molecule has 1 aliphatic rings. The number of carbonyl (C=O) groups excluding carboxylic acids is 1. The fourth-order valence-electron chi connectivity index (χ4n) is 2.73. The van der Waals surface area contributed by atoms with Gasteiger partial charge in [-0.05, 0) is 25.7 Å². The molecule has 1 amide bonds. The lowest BCUT2D eigenvalue weighted by Gasteiger charge is -2.38. The molecule has 2 atom stereocenters. The van der Waals surface area contributed by atoms with Crippen molar-refractivity contribution in [2.75, 3.05) is 6.54 Å². The molecule has 0 aromatic rings. The minimum absolute atomic E-state index is 0.0506. The van der Waals surface area contributed by atoms with Gasteiger partial charge in [0.15, 0.2) is 0 Å². The van der Waals surface area contributed by atoms with Crippen LogP contribution in [0.1, 0.15) is 59.8 Å². The molecule has 0 spiro atoms. The second-order valence-corrected chi connectivity index (χ2v) is 5.40. The summed E-state index contributed by atoms with van der Waals surface area (Å²) in [5.74, 6) is 0.324. The SMILES string of the molecule is CCCC(CC)N1CCCC(NC(C)C)C1=O. The van der Waals surface area contributed by atoms with Gasteiger partial charge in [-0.2, -0.15) is 0 Å². The molecule has 1 aliphatic heterocycles. The molecule has 17 heavy (non-hydrogen) atoms. The second-order valence-electron chi connectivity index (χ2n) is 5.40. The Kier molecular flexibility index (Phi) is 5.96. The van der Waals surface area contributed by atoms with Gasteiger partial charge in [0.2, 0.25) is 5.91 Å². The normalized spacial score (nSPS) is 23.2. The van der Waals surface area contributed by atoms with Crippen LogP contribution in [0.25, 0.3) is 0 Å². The van der Waals surface area contributed by atoms with Crippen LogP contribution in [-0.4, -0.2) is 35.5 Å². The first-order valence-corrected chi connectivity index (χ1v) is 7.16. The van der Waals surface area contributed by atoms with E-state index < -0.39 is 0 Å². The molecule has 0 radical (unpaired) electrons. The van der Waals surface area contributed by atoms with E-state index in [0.29, 0.717) is 18.0 Å². The summed E-state index contributed by atoms with van der Waals surface area (Å²) in [4.78, 5) is 14.5. The molecule has 0 bridgehead atoms. The van der Waals surface area contributed by atoms with Crippen molar-refractivity contribution in [1.29, 1.82) is 0 Å². The molecular formula is C14H28N2O. The van der Waals surface area contributed by atoms with Gasteiger partial charge in [0.25, 0.3) is 0 Å². The van der Waals surface area contributed by atoms with Crippen LogP contribution in [0.15, 0.2) is 0 Å². The number of nitrogens with zero attached hydrogens (tertiary/aromatic N) is 1. The molecule has 100 valence electrons. The standard InChI is InChI=1S/C14H28N2O/c1-5-8-12(6-2)16-10-7-9-13(14(16)17)15-11(3)4/h11-13,15H,5-10H2,1-4H3. The van der Waals surface area contributed by atoms with Crippen molar-refractivity contribution in [3.8, 4) is 0 Å². The van der Waals surface area contributed by atoms with Gasteiger partial charge in [0, 0.05) is 18.6 Å². The van der Waals surface area contributed by atoms with Crippen LogP contribution >= 0.6 is 0 Å². The average molecular weight is 240 g/mol. The van der Waals surface area contributed by atoms with Crippen molar-refractivity contribution >= 4 is 5.91 Å². The van der Waals surface area contributed by atoms with Gasteiger partial charge in [0.05, 0.1) is 6.04 Å². The van der Waals surface area contributed by atoms with E-state index in [-0.39, 0.29) is 6.04 Å². The predicted molar refractivity (Wildman–Crippen MR) is 72.0 cm³/mol. The zero-order valence-electron chi connectivity index (χ0n) is 11.8. The molecule has 0 saturated carbocycles. The van der Waals surface area contributed by atoms with Crippen molar-refractivity contribution in [2.24, 2.45) is 0 Å². The highest BCUT2D eigenvalue weighted by Crippen LogP contribution is 2.19. The van der Waals surface area contributed by atoms with Gasteiger partial charge in [-0.3, -0.25) is 4.79 Å². The lowest BCUT2D eigenvalue weighted by Crippen LogP contribution is -2.55. The predicted octanol–water partition coefficient (Wildman–Crippen LogP) is 2.55. The highest BCUT2D eigenvalue weighted by Gasteiger charge is 2.32. The molecule has 1 rings (SSSR count). The summed E-state index contributed by atoms with van der Waals surface area (Å²) >= 11 is 0. The van der Waals surface area contributed by atoms with Crippen LogP contribution < -0.4 is 5.32 Å². The van der Waals surface area contributed by atoms with E-state index in [1.54, 1.807) is 0 Å². The zero-order chi connectivity index (χ0) is 12.8. The van der Waals surface area contributed by atoms with E-state index in [9.17, 15) is 4.79 Å². The van der Waals surface area contributed by atoms with Gasteiger partial charge >= 0.3 is 0 Å². The maximum absolute atomic E-state index is 12.4. The number of hydrogen-bond acceptors (Lipinski definition) is 2. The summed E-state index contributed by atoms with van der Waals surface area (Å²) in [6.07, 6.45) is 5.50. The first kappa shape index (κ1) is 14.5. The number of nitrogens with one attached hydrogen (secondary N) is 1. The first-order valence-electron chi connectivity index (χ1n) is 7.16. The Morgan fingerprint density at radius 1 is 1.41 bits per heavy atom. The number of piperidine rings is 1. The molecule has 1 saturated heterocycles. The Labute approximate surface area is 106 Å². The van der Waals surface area contributed by atoms with Gasteiger partial charge < -0.3 is 10.2 Å². The van der Waals surface area contributed by atoms with E-state index in [1.165, 1.54) is 0 Å². The second kappa shape index (κ2) is 7.00. The quantitative estimate of drug-likeness (QED) is 0.774. The van der Waals surface area contributed by atoms with Crippen molar-refractivity contribution in [3.63, 3.8) is 0 Å². The van der Waals surface area contributed by atoms with Crippen molar-refractivity contribution in [1.82, 2.24) is 10.2 Å². The largest absolute Gasteiger partial charge is 0.338 e. The number of likely N-dealkylation sites (tertiary alicyclic amines) is 1. The van der Waals surface area contributed by atoms with Gasteiger partial charge in [-0.1, -0.05) is 34.1 Å². The van der Waals surface area contributed by atoms with Crippen LogP contribution in [0.5, 0.6) is 0 Å².